The molecular weight excluding hydrogens is 264 g/mol. The van der Waals surface area contributed by atoms with Gasteiger partial charge in [0.1, 0.15) is 11.5 Å². The Labute approximate surface area is 125 Å². The highest BCUT2D eigenvalue weighted by Crippen LogP contribution is 2.38. The van der Waals surface area contributed by atoms with Gasteiger partial charge in [-0.3, -0.25) is 4.79 Å². The van der Waals surface area contributed by atoms with E-state index in [1.165, 1.54) is 18.5 Å². The summed E-state index contributed by atoms with van der Waals surface area (Å²) < 4.78 is 7.85. The lowest BCUT2D eigenvalue weighted by atomic mass is 10.2. The third-order valence-electron chi connectivity index (χ3n) is 4.16. The molecule has 0 radical (unpaired) electrons. The van der Waals surface area contributed by atoms with Crippen LogP contribution in [0, 0.1) is 20.8 Å². The average Bonchev–Trinajstić information content (AvgIpc) is 3.11. The molecule has 1 aliphatic carbocycles. The lowest BCUT2D eigenvalue weighted by Gasteiger charge is -2.16. The van der Waals surface area contributed by atoms with Crippen LogP contribution in [0.15, 0.2) is 22.6 Å². The summed E-state index contributed by atoms with van der Waals surface area (Å²) in [5.74, 6) is 1.75. The van der Waals surface area contributed by atoms with Gasteiger partial charge >= 0.3 is 0 Å². The Bertz CT molecular complexity index is 677. The highest BCUT2D eigenvalue weighted by molar-refractivity contribution is 5.95. The van der Waals surface area contributed by atoms with Crippen molar-refractivity contribution in [1.29, 1.82) is 0 Å². The molecule has 0 atom stereocenters. The zero-order chi connectivity index (χ0) is 15.1. The first-order valence-corrected chi connectivity index (χ1v) is 7.46. The van der Waals surface area contributed by atoms with Gasteiger partial charge < -0.3 is 13.9 Å². The number of carbonyl (C=O) groups excluding carboxylic acids is 1. The van der Waals surface area contributed by atoms with Crippen molar-refractivity contribution < 1.29 is 9.21 Å². The molecule has 1 aliphatic rings. The molecule has 3 rings (SSSR count). The Morgan fingerprint density at radius 1 is 1.33 bits per heavy atom. The molecule has 2 heterocycles. The minimum Gasteiger partial charge on any atom is -0.464 e. The van der Waals surface area contributed by atoms with Crippen molar-refractivity contribution in [3.63, 3.8) is 0 Å². The maximum absolute atomic E-state index is 12.7. The van der Waals surface area contributed by atoms with E-state index in [0.29, 0.717) is 12.6 Å². The highest BCUT2D eigenvalue weighted by atomic mass is 16.3. The summed E-state index contributed by atoms with van der Waals surface area (Å²) in [7, 11) is 1.82. The lowest BCUT2D eigenvalue weighted by molar-refractivity contribution is 0.0774. The minimum atomic E-state index is 0.0593. The molecule has 2 aromatic heterocycles. The molecule has 4 nitrogen and oxygen atoms in total. The monoisotopic (exact) mass is 286 g/mol. The van der Waals surface area contributed by atoms with Gasteiger partial charge in [0.15, 0.2) is 0 Å². The van der Waals surface area contributed by atoms with Gasteiger partial charge in [-0.15, -0.1) is 0 Å². The number of aryl methyl sites for hydroxylation is 2. The number of hydrogen-bond acceptors (Lipinski definition) is 2. The second kappa shape index (κ2) is 5.10. The number of furan rings is 1. The van der Waals surface area contributed by atoms with Crippen molar-refractivity contribution in [3.8, 4) is 0 Å². The molecule has 0 bridgehead atoms. The second-order valence-electron chi connectivity index (χ2n) is 6.06. The molecule has 0 saturated heterocycles. The fourth-order valence-electron chi connectivity index (χ4n) is 2.97. The van der Waals surface area contributed by atoms with E-state index in [2.05, 4.69) is 11.5 Å². The van der Waals surface area contributed by atoms with Crippen LogP contribution in [0.4, 0.5) is 0 Å². The Balaban J connectivity index is 1.79. The first-order valence-electron chi connectivity index (χ1n) is 7.46. The fraction of sp³-hybridized carbons (Fsp3) is 0.471. The summed E-state index contributed by atoms with van der Waals surface area (Å²) in [5, 5.41) is 0. The zero-order valence-corrected chi connectivity index (χ0v) is 13.1. The maximum Gasteiger partial charge on any atom is 0.255 e. The predicted octanol–water partition coefficient (Wildman–Crippen LogP) is 3.61. The molecule has 21 heavy (non-hydrogen) atoms. The first-order chi connectivity index (χ1) is 9.97. The van der Waals surface area contributed by atoms with Crippen LogP contribution in [-0.2, 0) is 6.54 Å². The van der Waals surface area contributed by atoms with Crippen LogP contribution >= 0.6 is 0 Å². The second-order valence-corrected chi connectivity index (χ2v) is 6.06. The van der Waals surface area contributed by atoms with Crippen LogP contribution in [-0.4, -0.2) is 22.4 Å². The molecule has 112 valence electrons. The van der Waals surface area contributed by atoms with E-state index in [0.717, 1.165) is 22.8 Å². The van der Waals surface area contributed by atoms with Crippen LogP contribution in [0.3, 0.4) is 0 Å². The van der Waals surface area contributed by atoms with Crippen molar-refractivity contribution in [2.75, 3.05) is 7.05 Å². The van der Waals surface area contributed by atoms with Gasteiger partial charge in [0, 0.05) is 24.5 Å². The first kappa shape index (κ1) is 14.0. The quantitative estimate of drug-likeness (QED) is 0.861. The molecule has 1 fully saturated rings. The molecule has 2 aromatic rings. The number of amides is 1. The van der Waals surface area contributed by atoms with Gasteiger partial charge in [-0.25, -0.2) is 0 Å². The standard InChI is InChI=1S/C17H22N2O2/c1-11-9-16(13(3)19(11)14-6-7-14)17(20)18(4)10-15-8-5-12(2)21-15/h5,8-9,14H,6-7,10H2,1-4H3. The number of nitrogens with zero attached hydrogens (tertiary/aromatic N) is 2. The third-order valence-corrected chi connectivity index (χ3v) is 4.16. The van der Waals surface area contributed by atoms with E-state index in [1.54, 1.807) is 4.90 Å². The smallest absolute Gasteiger partial charge is 0.255 e. The molecular formula is C17H22N2O2. The van der Waals surface area contributed by atoms with Crippen LogP contribution in [0.1, 0.15) is 52.1 Å². The van der Waals surface area contributed by atoms with Crippen LogP contribution in [0.25, 0.3) is 0 Å². The van der Waals surface area contributed by atoms with Gasteiger partial charge in [0.25, 0.3) is 5.91 Å². The van der Waals surface area contributed by atoms with E-state index in [1.807, 2.05) is 39.1 Å². The van der Waals surface area contributed by atoms with E-state index >= 15 is 0 Å². The van der Waals surface area contributed by atoms with Crippen LogP contribution in [0.5, 0.6) is 0 Å². The average molecular weight is 286 g/mol. The van der Waals surface area contributed by atoms with Gasteiger partial charge in [0.05, 0.1) is 12.1 Å². The topological polar surface area (TPSA) is 38.4 Å². The van der Waals surface area contributed by atoms with Crippen molar-refractivity contribution in [3.05, 3.63) is 46.7 Å². The summed E-state index contributed by atoms with van der Waals surface area (Å²) in [5.41, 5.74) is 3.08. The van der Waals surface area contributed by atoms with Crippen LogP contribution in [0.2, 0.25) is 0 Å². The lowest BCUT2D eigenvalue weighted by Crippen LogP contribution is -2.26. The summed E-state index contributed by atoms with van der Waals surface area (Å²) >= 11 is 0. The number of aromatic nitrogens is 1. The van der Waals surface area contributed by atoms with Crippen molar-refractivity contribution in [2.45, 2.75) is 46.2 Å². The van der Waals surface area contributed by atoms with Crippen molar-refractivity contribution in [2.24, 2.45) is 0 Å². The summed E-state index contributed by atoms with van der Waals surface area (Å²) in [6, 6.07) is 6.46. The largest absolute Gasteiger partial charge is 0.464 e. The van der Waals surface area contributed by atoms with Crippen molar-refractivity contribution >= 4 is 5.91 Å². The van der Waals surface area contributed by atoms with E-state index in [4.69, 9.17) is 4.42 Å². The van der Waals surface area contributed by atoms with E-state index in [9.17, 15) is 4.79 Å². The summed E-state index contributed by atoms with van der Waals surface area (Å²) in [6.07, 6.45) is 2.46. The molecule has 0 aromatic carbocycles. The number of hydrogen-bond donors (Lipinski definition) is 0. The van der Waals surface area contributed by atoms with Gasteiger partial charge in [-0.05, 0) is 51.8 Å². The number of carbonyl (C=O) groups is 1. The molecule has 1 amide bonds. The van der Waals surface area contributed by atoms with E-state index < -0.39 is 0 Å². The molecule has 0 spiro atoms. The molecule has 0 N–H and O–H groups in total. The van der Waals surface area contributed by atoms with Crippen molar-refractivity contribution in [1.82, 2.24) is 9.47 Å². The minimum absolute atomic E-state index is 0.0593. The Kier molecular flexibility index (Phi) is 3.40. The number of rotatable bonds is 4. The highest BCUT2D eigenvalue weighted by Gasteiger charge is 2.29. The summed E-state index contributed by atoms with van der Waals surface area (Å²) in [4.78, 5) is 14.4. The normalized spacial score (nSPS) is 14.5. The van der Waals surface area contributed by atoms with E-state index in [-0.39, 0.29) is 5.91 Å². The Morgan fingerprint density at radius 3 is 2.62 bits per heavy atom. The fourth-order valence-corrected chi connectivity index (χ4v) is 2.97. The molecule has 1 saturated carbocycles. The van der Waals surface area contributed by atoms with Crippen LogP contribution < -0.4 is 0 Å². The molecule has 4 heteroatoms. The molecule has 0 unspecified atom stereocenters. The SMILES string of the molecule is Cc1ccc(CN(C)C(=O)c2cc(C)n(C3CC3)c2C)o1. The van der Waals surface area contributed by atoms with Gasteiger partial charge in [0.2, 0.25) is 0 Å². The maximum atomic E-state index is 12.7. The Morgan fingerprint density at radius 2 is 2.05 bits per heavy atom. The third kappa shape index (κ3) is 2.62. The Hall–Kier alpha value is -1.97. The predicted molar refractivity (Wildman–Crippen MR) is 81.4 cm³/mol. The molecule has 0 aliphatic heterocycles. The summed E-state index contributed by atoms with van der Waals surface area (Å²) in [6.45, 7) is 6.54. The van der Waals surface area contributed by atoms with Gasteiger partial charge in [-0.2, -0.15) is 0 Å². The zero-order valence-electron chi connectivity index (χ0n) is 13.1. The van der Waals surface area contributed by atoms with Gasteiger partial charge in [-0.1, -0.05) is 0 Å².